The third-order valence-corrected chi connectivity index (χ3v) is 3.05. The number of hydrogen-bond acceptors (Lipinski definition) is 1. The molecule has 0 aliphatic heterocycles. The summed E-state index contributed by atoms with van der Waals surface area (Å²) in [6.07, 6.45) is 0. The fourth-order valence-electron chi connectivity index (χ4n) is 1.90. The molecule has 3 rings (SSSR count). The van der Waals surface area contributed by atoms with Gasteiger partial charge in [0.25, 0.3) is 0 Å². The maximum atomic E-state index is 4.42. The first-order valence-electron chi connectivity index (χ1n) is 4.78. The SMILES string of the molecule is Cc1nc2ccc3cc(Br)ccc3c2[nH]1. The van der Waals surface area contributed by atoms with Crippen LogP contribution in [0.1, 0.15) is 5.82 Å². The van der Waals surface area contributed by atoms with Crippen LogP contribution in [0.2, 0.25) is 0 Å². The van der Waals surface area contributed by atoms with Crippen molar-refractivity contribution >= 4 is 37.7 Å². The largest absolute Gasteiger partial charge is 0.342 e. The molecule has 2 aromatic carbocycles. The average Bonchev–Trinajstić information content (AvgIpc) is 2.58. The summed E-state index contributed by atoms with van der Waals surface area (Å²) in [5.41, 5.74) is 2.15. The van der Waals surface area contributed by atoms with E-state index in [1.165, 1.54) is 10.8 Å². The van der Waals surface area contributed by atoms with Crippen LogP contribution in [0, 0.1) is 6.92 Å². The average molecular weight is 261 g/mol. The zero-order valence-electron chi connectivity index (χ0n) is 8.21. The number of nitrogens with zero attached hydrogens (tertiary/aromatic N) is 1. The van der Waals surface area contributed by atoms with E-state index in [0.717, 1.165) is 21.3 Å². The molecule has 2 nitrogen and oxygen atoms in total. The summed E-state index contributed by atoms with van der Waals surface area (Å²) in [5.74, 6) is 0.959. The molecule has 74 valence electrons. The Labute approximate surface area is 95.5 Å². The van der Waals surface area contributed by atoms with Crippen LogP contribution in [0.3, 0.4) is 0 Å². The zero-order valence-corrected chi connectivity index (χ0v) is 9.80. The van der Waals surface area contributed by atoms with Gasteiger partial charge in [0.05, 0.1) is 11.0 Å². The lowest BCUT2D eigenvalue weighted by atomic mass is 10.1. The number of imidazole rings is 1. The van der Waals surface area contributed by atoms with Gasteiger partial charge in [0, 0.05) is 9.86 Å². The monoisotopic (exact) mass is 260 g/mol. The Morgan fingerprint density at radius 2 is 2.07 bits per heavy atom. The summed E-state index contributed by atoms with van der Waals surface area (Å²) >= 11 is 3.48. The van der Waals surface area contributed by atoms with Crippen molar-refractivity contribution in [2.24, 2.45) is 0 Å². The first-order valence-corrected chi connectivity index (χ1v) is 5.58. The lowest BCUT2D eigenvalue weighted by Crippen LogP contribution is -1.76. The molecule has 1 aromatic heterocycles. The first-order chi connectivity index (χ1) is 7.24. The molecule has 0 bridgehead atoms. The van der Waals surface area contributed by atoms with Gasteiger partial charge in [0.1, 0.15) is 5.82 Å². The van der Waals surface area contributed by atoms with E-state index in [2.05, 4.69) is 50.2 Å². The number of rotatable bonds is 0. The summed E-state index contributed by atoms with van der Waals surface area (Å²) in [6.45, 7) is 1.98. The molecule has 0 amide bonds. The van der Waals surface area contributed by atoms with Crippen LogP contribution in [-0.4, -0.2) is 9.97 Å². The molecule has 0 saturated carbocycles. The van der Waals surface area contributed by atoms with Gasteiger partial charge in [0.15, 0.2) is 0 Å². The number of hydrogen-bond donors (Lipinski definition) is 1. The highest BCUT2D eigenvalue weighted by Crippen LogP contribution is 2.26. The van der Waals surface area contributed by atoms with E-state index in [1.807, 2.05) is 13.0 Å². The van der Waals surface area contributed by atoms with Gasteiger partial charge >= 0.3 is 0 Å². The third-order valence-electron chi connectivity index (χ3n) is 2.55. The van der Waals surface area contributed by atoms with Crippen molar-refractivity contribution in [2.45, 2.75) is 6.92 Å². The minimum Gasteiger partial charge on any atom is -0.342 e. The standard InChI is InChI=1S/C12H9BrN2/c1-7-14-11-5-2-8-6-9(13)3-4-10(8)12(11)15-7/h2-6H,1H3,(H,14,15). The maximum absolute atomic E-state index is 4.42. The molecule has 3 heteroatoms. The lowest BCUT2D eigenvalue weighted by Gasteiger charge is -1.99. The molecule has 3 aromatic rings. The zero-order chi connectivity index (χ0) is 10.4. The summed E-state index contributed by atoms with van der Waals surface area (Å²) in [7, 11) is 0. The van der Waals surface area contributed by atoms with Crippen LogP contribution < -0.4 is 0 Å². The van der Waals surface area contributed by atoms with Crippen molar-refractivity contribution in [3.63, 3.8) is 0 Å². The van der Waals surface area contributed by atoms with Crippen LogP contribution in [-0.2, 0) is 0 Å². The van der Waals surface area contributed by atoms with E-state index in [-0.39, 0.29) is 0 Å². The van der Waals surface area contributed by atoms with Crippen molar-refractivity contribution in [1.82, 2.24) is 9.97 Å². The van der Waals surface area contributed by atoms with E-state index >= 15 is 0 Å². The molecular formula is C12H9BrN2. The molecule has 0 radical (unpaired) electrons. The van der Waals surface area contributed by atoms with Crippen molar-refractivity contribution < 1.29 is 0 Å². The lowest BCUT2D eigenvalue weighted by molar-refractivity contribution is 1.17. The molecule has 0 aliphatic carbocycles. The second kappa shape index (κ2) is 3.07. The van der Waals surface area contributed by atoms with Crippen molar-refractivity contribution in [2.75, 3.05) is 0 Å². The van der Waals surface area contributed by atoms with Crippen LogP contribution in [0.5, 0.6) is 0 Å². The van der Waals surface area contributed by atoms with Crippen molar-refractivity contribution in [3.8, 4) is 0 Å². The molecule has 0 aliphatic rings. The van der Waals surface area contributed by atoms with Gasteiger partial charge in [-0.2, -0.15) is 0 Å². The predicted octanol–water partition coefficient (Wildman–Crippen LogP) is 3.79. The van der Waals surface area contributed by atoms with Gasteiger partial charge < -0.3 is 4.98 Å². The van der Waals surface area contributed by atoms with E-state index in [9.17, 15) is 0 Å². The van der Waals surface area contributed by atoms with Crippen LogP contribution in [0.25, 0.3) is 21.8 Å². The topological polar surface area (TPSA) is 28.7 Å². The highest BCUT2D eigenvalue weighted by Gasteiger charge is 2.04. The van der Waals surface area contributed by atoms with Gasteiger partial charge in [-0.05, 0) is 30.5 Å². The quantitative estimate of drug-likeness (QED) is 0.655. The molecule has 0 unspecified atom stereocenters. The smallest absolute Gasteiger partial charge is 0.104 e. The minimum absolute atomic E-state index is 0.959. The molecule has 0 atom stereocenters. The van der Waals surface area contributed by atoms with Gasteiger partial charge in [0.2, 0.25) is 0 Å². The van der Waals surface area contributed by atoms with E-state index in [1.54, 1.807) is 0 Å². The molecular weight excluding hydrogens is 252 g/mol. The highest BCUT2D eigenvalue weighted by atomic mass is 79.9. The Bertz CT molecular complexity index is 655. The molecule has 1 heterocycles. The number of nitrogens with one attached hydrogen (secondary N) is 1. The van der Waals surface area contributed by atoms with E-state index in [0.29, 0.717) is 0 Å². The molecule has 0 saturated heterocycles. The van der Waals surface area contributed by atoms with Crippen molar-refractivity contribution in [3.05, 3.63) is 40.6 Å². The Kier molecular flexibility index (Phi) is 1.83. The van der Waals surface area contributed by atoms with Gasteiger partial charge in [-0.3, -0.25) is 0 Å². The number of aryl methyl sites for hydroxylation is 1. The van der Waals surface area contributed by atoms with Crippen molar-refractivity contribution in [1.29, 1.82) is 0 Å². The molecule has 0 fully saturated rings. The first kappa shape index (κ1) is 8.92. The summed E-state index contributed by atoms with van der Waals surface area (Å²) in [6, 6.07) is 10.4. The summed E-state index contributed by atoms with van der Waals surface area (Å²) in [5, 5.41) is 2.44. The van der Waals surface area contributed by atoms with Gasteiger partial charge in [-0.25, -0.2) is 4.98 Å². The van der Waals surface area contributed by atoms with Gasteiger partial charge in [-0.1, -0.05) is 28.1 Å². The van der Waals surface area contributed by atoms with E-state index < -0.39 is 0 Å². The summed E-state index contributed by atoms with van der Waals surface area (Å²) < 4.78 is 1.10. The minimum atomic E-state index is 0.959. The Morgan fingerprint density at radius 1 is 1.20 bits per heavy atom. The third kappa shape index (κ3) is 1.35. The summed E-state index contributed by atoms with van der Waals surface area (Å²) in [4.78, 5) is 7.71. The number of aromatic amines is 1. The Morgan fingerprint density at radius 3 is 2.93 bits per heavy atom. The molecule has 15 heavy (non-hydrogen) atoms. The second-order valence-corrected chi connectivity index (χ2v) is 4.56. The Hall–Kier alpha value is -1.35. The molecule has 1 N–H and O–H groups in total. The highest BCUT2D eigenvalue weighted by molar-refractivity contribution is 9.10. The second-order valence-electron chi connectivity index (χ2n) is 3.65. The van der Waals surface area contributed by atoms with Crippen LogP contribution in [0.15, 0.2) is 34.8 Å². The molecule has 0 spiro atoms. The maximum Gasteiger partial charge on any atom is 0.104 e. The number of aromatic nitrogens is 2. The fraction of sp³-hybridized carbons (Fsp3) is 0.0833. The van der Waals surface area contributed by atoms with Crippen LogP contribution >= 0.6 is 15.9 Å². The number of halogens is 1. The van der Waals surface area contributed by atoms with Gasteiger partial charge in [-0.15, -0.1) is 0 Å². The fourth-order valence-corrected chi connectivity index (χ4v) is 2.28. The van der Waals surface area contributed by atoms with E-state index in [4.69, 9.17) is 0 Å². The number of benzene rings is 2. The predicted molar refractivity (Wildman–Crippen MR) is 66.0 cm³/mol. The number of fused-ring (bicyclic) bond motifs is 3. The Balaban J connectivity index is 2.53. The van der Waals surface area contributed by atoms with Crippen LogP contribution in [0.4, 0.5) is 0 Å². The normalized spacial score (nSPS) is 11.3. The number of H-pyrrole nitrogens is 1.